The molecule has 0 atom stereocenters. The fourth-order valence-electron chi connectivity index (χ4n) is 1.38. The quantitative estimate of drug-likeness (QED) is 0.396. The molecule has 0 radical (unpaired) electrons. The molecule has 1 aromatic carbocycles. The summed E-state index contributed by atoms with van der Waals surface area (Å²) >= 11 is 1.16. The van der Waals surface area contributed by atoms with E-state index in [4.69, 9.17) is 4.42 Å². The van der Waals surface area contributed by atoms with Crippen LogP contribution < -0.4 is 10.4 Å². The van der Waals surface area contributed by atoms with Gasteiger partial charge in [-0.2, -0.15) is 0 Å². The molecule has 0 fully saturated rings. The Labute approximate surface area is 75.6 Å². The Morgan fingerprint density at radius 3 is 3.15 bits per heavy atom. The van der Waals surface area contributed by atoms with Gasteiger partial charge < -0.3 is 9.62 Å². The van der Waals surface area contributed by atoms with Gasteiger partial charge in [0.25, 0.3) is 5.52 Å². The lowest BCUT2D eigenvalue weighted by Gasteiger charge is -1.95. The molecule has 64 valence electrons. The normalized spacial score (nSPS) is 11.7. The average Bonchev–Trinajstić information content (AvgIpc) is 2.40. The molecule has 0 N–H and O–H groups in total. The van der Waals surface area contributed by atoms with Crippen LogP contribution in [0.3, 0.4) is 0 Å². The van der Waals surface area contributed by atoms with Crippen LogP contribution in [0.4, 0.5) is 0 Å². The van der Waals surface area contributed by atoms with Crippen LogP contribution in [-0.4, -0.2) is 0 Å². The zero-order valence-electron chi connectivity index (χ0n) is 6.31. The standard InChI is InChI=1S/C8H3NO3S/c10-8-7-9(11)6-4(12-8)2-1-3-5(6)13-7/h1-3H. The highest BCUT2D eigenvalue weighted by Crippen LogP contribution is 2.24. The molecule has 13 heavy (non-hydrogen) atoms. The predicted octanol–water partition coefficient (Wildman–Crippen LogP) is 1.08. The zero-order chi connectivity index (χ0) is 9.00. The van der Waals surface area contributed by atoms with Gasteiger partial charge >= 0.3 is 10.5 Å². The van der Waals surface area contributed by atoms with Gasteiger partial charge in [-0.3, -0.25) is 0 Å². The first kappa shape index (κ1) is 6.85. The first-order valence-electron chi connectivity index (χ1n) is 3.64. The van der Waals surface area contributed by atoms with E-state index in [0.717, 1.165) is 16.0 Å². The molecular weight excluding hydrogens is 190 g/mol. The van der Waals surface area contributed by atoms with Gasteiger partial charge in [-0.25, -0.2) is 4.79 Å². The van der Waals surface area contributed by atoms with Crippen LogP contribution >= 0.6 is 11.3 Å². The molecule has 2 heterocycles. The van der Waals surface area contributed by atoms with Gasteiger partial charge in [-0.15, -0.1) is 4.73 Å². The van der Waals surface area contributed by atoms with Crippen molar-refractivity contribution in [2.75, 3.05) is 0 Å². The number of hydrogen-bond donors (Lipinski definition) is 0. The SMILES string of the molecule is O=c1oc2cccc3sc1[n+]([O-])c23. The first-order chi connectivity index (χ1) is 6.27. The lowest BCUT2D eigenvalue weighted by Crippen LogP contribution is -2.30. The second kappa shape index (κ2) is 2.00. The van der Waals surface area contributed by atoms with Crippen LogP contribution in [0, 0.1) is 5.21 Å². The first-order valence-corrected chi connectivity index (χ1v) is 4.46. The molecule has 0 aliphatic heterocycles. The second-order valence-electron chi connectivity index (χ2n) is 2.69. The van der Waals surface area contributed by atoms with Crippen molar-refractivity contribution in [1.29, 1.82) is 0 Å². The number of nitrogens with zero attached hydrogens (tertiary/aromatic N) is 1. The van der Waals surface area contributed by atoms with E-state index in [-0.39, 0.29) is 4.83 Å². The van der Waals surface area contributed by atoms with Crippen molar-refractivity contribution in [1.82, 2.24) is 0 Å². The zero-order valence-corrected chi connectivity index (χ0v) is 7.13. The smallest absolute Gasteiger partial charge is 0.422 e. The van der Waals surface area contributed by atoms with E-state index in [2.05, 4.69) is 0 Å². The Kier molecular flexibility index (Phi) is 1.05. The highest BCUT2D eigenvalue weighted by molar-refractivity contribution is 7.23. The number of aromatic nitrogens is 1. The summed E-state index contributed by atoms with van der Waals surface area (Å²) < 4.78 is 6.35. The van der Waals surface area contributed by atoms with Crippen LogP contribution in [0.5, 0.6) is 0 Å². The molecular formula is C8H3NO3S. The summed E-state index contributed by atoms with van der Waals surface area (Å²) in [7, 11) is 0. The molecule has 2 aromatic heterocycles. The number of thiazole rings is 1. The molecule has 0 saturated heterocycles. The molecule has 5 heteroatoms. The molecule has 0 unspecified atom stereocenters. The fraction of sp³-hybridized carbons (Fsp3) is 0. The van der Waals surface area contributed by atoms with Gasteiger partial charge in [0.1, 0.15) is 4.70 Å². The summed E-state index contributed by atoms with van der Waals surface area (Å²) in [5.74, 6) is 0. The summed E-state index contributed by atoms with van der Waals surface area (Å²) in [6.45, 7) is 0. The largest absolute Gasteiger partial charge is 0.617 e. The van der Waals surface area contributed by atoms with Crippen LogP contribution in [-0.2, 0) is 0 Å². The predicted molar refractivity (Wildman–Crippen MR) is 48.0 cm³/mol. The van der Waals surface area contributed by atoms with E-state index in [0.29, 0.717) is 15.8 Å². The van der Waals surface area contributed by atoms with Crippen LogP contribution in [0.25, 0.3) is 20.6 Å². The van der Waals surface area contributed by atoms with E-state index in [1.807, 2.05) is 0 Å². The minimum atomic E-state index is -0.561. The fourth-order valence-corrected chi connectivity index (χ4v) is 2.32. The summed E-state index contributed by atoms with van der Waals surface area (Å²) in [5, 5.41) is 11.4. The number of benzene rings is 1. The molecule has 3 aromatic rings. The lowest BCUT2D eigenvalue weighted by atomic mass is 10.3. The van der Waals surface area contributed by atoms with E-state index in [1.165, 1.54) is 0 Å². The highest BCUT2D eigenvalue weighted by Gasteiger charge is 2.21. The Bertz CT molecular complexity index is 639. The Hall–Kier alpha value is -1.62. The van der Waals surface area contributed by atoms with E-state index >= 15 is 0 Å². The Morgan fingerprint density at radius 2 is 2.31 bits per heavy atom. The maximum atomic E-state index is 11.4. The third-order valence-corrected chi connectivity index (χ3v) is 3.01. The topological polar surface area (TPSA) is 57.2 Å². The Balaban J connectivity index is 2.86. The average molecular weight is 193 g/mol. The van der Waals surface area contributed by atoms with Gasteiger partial charge in [-0.05, 0) is 12.1 Å². The van der Waals surface area contributed by atoms with Crippen molar-refractivity contribution in [3.63, 3.8) is 0 Å². The minimum absolute atomic E-state index is 0.105. The van der Waals surface area contributed by atoms with Gasteiger partial charge in [0.05, 0.1) is 0 Å². The molecule has 3 rings (SSSR count). The number of hydrogen-bond acceptors (Lipinski definition) is 4. The molecule has 0 aliphatic rings. The van der Waals surface area contributed by atoms with Crippen molar-refractivity contribution < 1.29 is 9.15 Å². The Morgan fingerprint density at radius 1 is 1.46 bits per heavy atom. The molecule has 0 amide bonds. The van der Waals surface area contributed by atoms with Crippen molar-refractivity contribution in [2.45, 2.75) is 0 Å². The van der Waals surface area contributed by atoms with Crippen molar-refractivity contribution in [3.8, 4) is 0 Å². The van der Waals surface area contributed by atoms with E-state index in [1.54, 1.807) is 18.2 Å². The van der Waals surface area contributed by atoms with Crippen molar-refractivity contribution in [3.05, 3.63) is 33.8 Å². The summed E-state index contributed by atoms with van der Waals surface area (Å²) in [6, 6.07) is 5.17. The van der Waals surface area contributed by atoms with Crippen LogP contribution in [0.15, 0.2) is 27.4 Å². The van der Waals surface area contributed by atoms with E-state index < -0.39 is 5.63 Å². The van der Waals surface area contributed by atoms with E-state index in [9.17, 15) is 10.0 Å². The summed E-state index contributed by atoms with van der Waals surface area (Å²) in [5.41, 5.74) is 0.252. The summed E-state index contributed by atoms with van der Waals surface area (Å²) in [4.78, 5) is 11.3. The van der Waals surface area contributed by atoms with Gasteiger partial charge in [-0.1, -0.05) is 17.4 Å². The second-order valence-corrected chi connectivity index (χ2v) is 3.72. The molecule has 0 spiro atoms. The summed E-state index contributed by atoms with van der Waals surface area (Å²) in [6.07, 6.45) is 0. The monoisotopic (exact) mass is 193 g/mol. The third-order valence-electron chi connectivity index (χ3n) is 1.93. The maximum Gasteiger partial charge on any atom is 0.422 e. The molecule has 2 bridgehead atoms. The lowest BCUT2D eigenvalue weighted by molar-refractivity contribution is -0.546. The van der Waals surface area contributed by atoms with Crippen molar-refractivity contribution >= 4 is 32.0 Å². The number of fused-ring (bicyclic) bond motifs is 1. The van der Waals surface area contributed by atoms with Crippen LogP contribution in [0.2, 0.25) is 0 Å². The van der Waals surface area contributed by atoms with Crippen molar-refractivity contribution in [2.24, 2.45) is 0 Å². The molecule has 0 saturated carbocycles. The van der Waals surface area contributed by atoms with Gasteiger partial charge in [0.15, 0.2) is 0 Å². The molecule has 4 nitrogen and oxygen atoms in total. The van der Waals surface area contributed by atoms with Gasteiger partial charge in [0.2, 0.25) is 5.58 Å². The number of rotatable bonds is 0. The maximum absolute atomic E-state index is 11.4. The third kappa shape index (κ3) is 0.695. The number of para-hydroxylation sites is 1. The minimum Gasteiger partial charge on any atom is -0.617 e. The van der Waals surface area contributed by atoms with Crippen LogP contribution in [0.1, 0.15) is 0 Å². The van der Waals surface area contributed by atoms with Gasteiger partial charge in [0, 0.05) is 0 Å². The highest BCUT2D eigenvalue weighted by atomic mass is 32.1. The molecule has 0 aliphatic carbocycles.